The molecule has 0 amide bonds. The topological polar surface area (TPSA) is 85.2 Å². The Morgan fingerprint density at radius 2 is 1.64 bits per heavy atom. The highest BCUT2D eigenvalue weighted by Crippen LogP contribution is 2.11. The summed E-state index contributed by atoms with van der Waals surface area (Å²) in [6.45, 7) is 2.03. The first-order valence-electron chi connectivity index (χ1n) is 8.85. The fraction of sp³-hybridized carbons (Fsp3) is 0.632. The molecule has 2 atom stereocenters. The fourth-order valence-corrected chi connectivity index (χ4v) is 2.18. The highest BCUT2D eigenvalue weighted by atomic mass is 17.1. The van der Waals surface area contributed by atoms with Crippen molar-refractivity contribution in [3.63, 3.8) is 0 Å². The maximum absolute atomic E-state index is 11.0. The van der Waals surface area contributed by atoms with Crippen LogP contribution < -0.4 is 0 Å². The molecule has 6 nitrogen and oxygen atoms in total. The first-order chi connectivity index (χ1) is 12.2. The maximum Gasteiger partial charge on any atom is 0.305 e. The highest BCUT2D eigenvalue weighted by molar-refractivity contribution is 5.68. The molecule has 0 saturated carbocycles. The zero-order valence-electron chi connectivity index (χ0n) is 15.3. The largest absolute Gasteiger partial charge is 0.469 e. The van der Waals surface area contributed by atoms with Gasteiger partial charge in [0.15, 0.2) is 0 Å². The van der Waals surface area contributed by atoms with Gasteiger partial charge in [-0.05, 0) is 25.7 Å². The molecule has 2 unspecified atom stereocenters. The van der Waals surface area contributed by atoms with Crippen LogP contribution in [0.25, 0.3) is 0 Å². The number of hydrogen-bond donors (Lipinski definition) is 2. The lowest BCUT2D eigenvalue weighted by atomic mass is 10.1. The van der Waals surface area contributed by atoms with E-state index in [-0.39, 0.29) is 5.97 Å². The molecule has 0 aliphatic heterocycles. The Morgan fingerprint density at radius 3 is 2.28 bits per heavy atom. The van der Waals surface area contributed by atoms with Gasteiger partial charge in [0.2, 0.25) is 0 Å². The molecule has 0 aliphatic carbocycles. The summed E-state index contributed by atoms with van der Waals surface area (Å²) in [6.07, 6.45) is 16.4. The van der Waals surface area contributed by atoms with Crippen LogP contribution in [0.3, 0.4) is 0 Å². The Balaban J connectivity index is 3.97. The predicted molar refractivity (Wildman–Crippen MR) is 97.0 cm³/mol. The van der Waals surface area contributed by atoms with Crippen LogP contribution >= 0.6 is 0 Å². The van der Waals surface area contributed by atoms with Gasteiger partial charge in [0, 0.05) is 12.8 Å². The second kappa shape index (κ2) is 17.4. The molecule has 0 aromatic heterocycles. The molecule has 0 bridgehead atoms. The molecule has 6 heteroatoms. The Hall–Kier alpha value is -1.47. The van der Waals surface area contributed by atoms with E-state index in [1.807, 2.05) is 25.2 Å². The van der Waals surface area contributed by atoms with Crippen LogP contribution in [0.5, 0.6) is 0 Å². The standard InChI is InChI=1S/C19H32O6/c1-3-4-5-10-13-17(24-21)16-18(25-22)14-11-8-6-7-9-12-15-19(20)23-2/h4-5,10-11,13-14,17-18,21-22H,3,6-9,12,15-16H2,1-2H3. The van der Waals surface area contributed by atoms with E-state index in [1.165, 1.54) is 7.11 Å². The van der Waals surface area contributed by atoms with Crippen molar-refractivity contribution in [2.24, 2.45) is 0 Å². The van der Waals surface area contributed by atoms with Gasteiger partial charge in [-0.25, -0.2) is 9.78 Å². The molecule has 0 aromatic rings. The quantitative estimate of drug-likeness (QED) is 0.111. The Morgan fingerprint density at radius 1 is 0.960 bits per heavy atom. The van der Waals surface area contributed by atoms with E-state index >= 15 is 0 Å². The Labute approximate surface area is 150 Å². The minimum atomic E-state index is -0.554. The molecule has 0 aliphatic rings. The zero-order valence-corrected chi connectivity index (χ0v) is 15.3. The lowest BCUT2D eigenvalue weighted by Gasteiger charge is -2.13. The van der Waals surface area contributed by atoms with Gasteiger partial charge >= 0.3 is 5.97 Å². The second-order valence-corrected chi connectivity index (χ2v) is 5.70. The number of ether oxygens (including phenoxy) is 1. The minimum Gasteiger partial charge on any atom is -0.469 e. The predicted octanol–water partition coefficient (Wildman–Crippen LogP) is 4.69. The fourth-order valence-electron chi connectivity index (χ4n) is 2.18. The van der Waals surface area contributed by atoms with Crippen molar-refractivity contribution in [3.8, 4) is 0 Å². The maximum atomic E-state index is 11.0. The minimum absolute atomic E-state index is 0.164. The number of carbonyl (C=O) groups is 1. The van der Waals surface area contributed by atoms with Crippen molar-refractivity contribution in [2.45, 2.75) is 70.5 Å². The summed E-state index contributed by atoms with van der Waals surface area (Å²) >= 11 is 0. The van der Waals surface area contributed by atoms with Gasteiger partial charge in [0.1, 0.15) is 12.2 Å². The van der Waals surface area contributed by atoms with E-state index in [4.69, 9.17) is 10.5 Å². The number of methoxy groups -OCH3 is 1. The summed E-state index contributed by atoms with van der Waals surface area (Å²) in [5.41, 5.74) is 0. The summed E-state index contributed by atoms with van der Waals surface area (Å²) in [6, 6.07) is 0. The molecular weight excluding hydrogens is 324 g/mol. The average Bonchev–Trinajstić information content (AvgIpc) is 2.64. The van der Waals surface area contributed by atoms with Crippen LogP contribution in [0.15, 0.2) is 36.5 Å². The van der Waals surface area contributed by atoms with Crippen molar-refractivity contribution in [3.05, 3.63) is 36.5 Å². The van der Waals surface area contributed by atoms with Gasteiger partial charge in [-0.15, -0.1) is 0 Å². The number of rotatable bonds is 15. The van der Waals surface area contributed by atoms with Gasteiger partial charge in [0.25, 0.3) is 0 Å². The number of unbranched alkanes of at least 4 members (excludes halogenated alkanes) is 4. The zero-order chi connectivity index (χ0) is 18.8. The first-order valence-corrected chi connectivity index (χ1v) is 8.85. The molecule has 0 fully saturated rings. The van der Waals surface area contributed by atoms with Crippen molar-refractivity contribution < 1.29 is 29.8 Å². The summed E-state index contributed by atoms with van der Waals surface area (Å²) in [5, 5.41) is 17.9. The van der Waals surface area contributed by atoms with Crippen LogP contribution in [0, 0.1) is 0 Å². The van der Waals surface area contributed by atoms with Crippen molar-refractivity contribution in [2.75, 3.05) is 7.11 Å². The third kappa shape index (κ3) is 14.6. The first kappa shape index (κ1) is 23.5. The van der Waals surface area contributed by atoms with Gasteiger partial charge in [-0.1, -0.05) is 56.2 Å². The molecule has 0 spiro atoms. The van der Waals surface area contributed by atoms with Gasteiger partial charge in [-0.2, -0.15) is 0 Å². The highest BCUT2D eigenvalue weighted by Gasteiger charge is 2.13. The molecule has 144 valence electrons. The monoisotopic (exact) mass is 356 g/mol. The van der Waals surface area contributed by atoms with E-state index in [1.54, 1.807) is 18.2 Å². The SMILES string of the molecule is CCC=CC=CC(CC(C=CCCCCCCC(=O)OC)OO)OO. The molecule has 0 heterocycles. The van der Waals surface area contributed by atoms with Crippen molar-refractivity contribution >= 4 is 5.97 Å². The smallest absolute Gasteiger partial charge is 0.305 e. The molecule has 0 rings (SSSR count). The summed E-state index contributed by atoms with van der Waals surface area (Å²) in [7, 11) is 1.40. The Bertz CT molecular complexity index is 403. The van der Waals surface area contributed by atoms with Crippen LogP contribution in [-0.2, 0) is 19.3 Å². The van der Waals surface area contributed by atoms with Crippen molar-refractivity contribution in [1.29, 1.82) is 0 Å². The molecule has 25 heavy (non-hydrogen) atoms. The van der Waals surface area contributed by atoms with E-state index in [0.717, 1.165) is 38.5 Å². The van der Waals surface area contributed by atoms with Gasteiger partial charge in [0.05, 0.1) is 7.11 Å². The summed E-state index contributed by atoms with van der Waals surface area (Å²) in [4.78, 5) is 19.8. The van der Waals surface area contributed by atoms with E-state index in [9.17, 15) is 4.79 Å². The molecule has 0 aromatic carbocycles. The number of esters is 1. The number of allylic oxidation sites excluding steroid dienone is 4. The number of carbonyl (C=O) groups excluding carboxylic acids is 1. The van der Waals surface area contributed by atoms with Gasteiger partial charge < -0.3 is 4.74 Å². The molecule has 2 N–H and O–H groups in total. The molecule has 0 saturated heterocycles. The van der Waals surface area contributed by atoms with Crippen molar-refractivity contribution in [1.82, 2.24) is 0 Å². The van der Waals surface area contributed by atoms with Crippen LogP contribution in [0.1, 0.15) is 58.3 Å². The average molecular weight is 356 g/mol. The third-order valence-electron chi connectivity index (χ3n) is 3.62. The van der Waals surface area contributed by atoms with E-state index in [2.05, 4.69) is 14.5 Å². The lowest BCUT2D eigenvalue weighted by Crippen LogP contribution is -2.18. The van der Waals surface area contributed by atoms with E-state index < -0.39 is 12.2 Å². The van der Waals surface area contributed by atoms with Gasteiger partial charge in [-0.3, -0.25) is 15.3 Å². The van der Waals surface area contributed by atoms with Crippen LogP contribution in [0.4, 0.5) is 0 Å². The Kier molecular flexibility index (Phi) is 16.3. The molecule has 0 radical (unpaired) electrons. The lowest BCUT2D eigenvalue weighted by molar-refractivity contribution is -0.297. The third-order valence-corrected chi connectivity index (χ3v) is 3.62. The molecular formula is C19H32O6. The second-order valence-electron chi connectivity index (χ2n) is 5.70. The van der Waals surface area contributed by atoms with E-state index in [0.29, 0.717) is 12.8 Å². The summed E-state index contributed by atoms with van der Waals surface area (Å²) in [5.74, 6) is -0.164. The number of hydrogen-bond acceptors (Lipinski definition) is 6. The van der Waals surface area contributed by atoms with Crippen LogP contribution in [-0.4, -0.2) is 35.8 Å². The summed E-state index contributed by atoms with van der Waals surface area (Å²) < 4.78 is 4.59. The van der Waals surface area contributed by atoms with Crippen LogP contribution in [0.2, 0.25) is 0 Å². The normalized spacial score (nSPS) is 14.6.